The fraction of sp³-hybridized carbons (Fsp3) is 0.0588. The number of nitrogens with zero attached hydrogens (tertiary/aromatic N) is 2. The summed E-state index contributed by atoms with van der Waals surface area (Å²) >= 11 is 1.46. The van der Waals surface area contributed by atoms with Crippen molar-refractivity contribution in [3.63, 3.8) is 0 Å². The molecule has 3 rings (SSSR count). The highest BCUT2D eigenvalue weighted by molar-refractivity contribution is 7.07. The molecule has 7 heteroatoms. The zero-order chi connectivity index (χ0) is 16.9. The molecule has 0 aliphatic rings. The summed E-state index contributed by atoms with van der Waals surface area (Å²) < 4.78 is 0. The van der Waals surface area contributed by atoms with Crippen molar-refractivity contribution in [2.45, 2.75) is 6.54 Å². The first-order valence-corrected chi connectivity index (χ1v) is 8.08. The number of hydrogen-bond acceptors (Lipinski definition) is 6. The lowest BCUT2D eigenvalue weighted by Crippen LogP contribution is -2.06. The molecule has 1 N–H and O–H groups in total. The second-order valence-electron chi connectivity index (χ2n) is 5.02. The van der Waals surface area contributed by atoms with Gasteiger partial charge in [0.2, 0.25) is 0 Å². The van der Waals surface area contributed by atoms with Gasteiger partial charge in [-0.3, -0.25) is 14.9 Å². The molecule has 2 aromatic carbocycles. The first-order valence-electron chi connectivity index (χ1n) is 7.14. The van der Waals surface area contributed by atoms with Crippen molar-refractivity contribution in [1.82, 2.24) is 4.98 Å². The average Bonchev–Trinajstić information content (AvgIpc) is 3.13. The van der Waals surface area contributed by atoms with Crippen molar-refractivity contribution in [1.29, 1.82) is 0 Å². The molecule has 0 aliphatic heterocycles. The highest BCUT2D eigenvalue weighted by Gasteiger charge is 2.18. The second kappa shape index (κ2) is 7.01. The van der Waals surface area contributed by atoms with Crippen molar-refractivity contribution in [3.05, 3.63) is 86.4 Å². The van der Waals surface area contributed by atoms with Crippen LogP contribution in [0, 0.1) is 10.1 Å². The van der Waals surface area contributed by atoms with Crippen LogP contribution in [0.25, 0.3) is 0 Å². The van der Waals surface area contributed by atoms with Crippen LogP contribution in [0.2, 0.25) is 0 Å². The number of nitro groups is 1. The van der Waals surface area contributed by atoms with Gasteiger partial charge >= 0.3 is 0 Å². The smallest absolute Gasteiger partial charge is 0.293 e. The maximum absolute atomic E-state index is 12.4. The van der Waals surface area contributed by atoms with E-state index in [1.165, 1.54) is 17.4 Å². The third-order valence-electron chi connectivity index (χ3n) is 3.44. The monoisotopic (exact) mass is 339 g/mol. The Balaban J connectivity index is 1.87. The van der Waals surface area contributed by atoms with E-state index in [1.54, 1.807) is 41.9 Å². The predicted octanol–water partition coefficient (Wildman–Crippen LogP) is 3.89. The quantitative estimate of drug-likeness (QED) is 0.418. The number of thiazole rings is 1. The number of ketones is 1. The fourth-order valence-corrected chi connectivity index (χ4v) is 2.80. The molecular weight excluding hydrogens is 326 g/mol. The molecule has 3 aromatic rings. The van der Waals surface area contributed by atoms with Crippen LogP contribution >= 0.6 is 11.3 Å². The number of hydrogen-bond donors (Lipinski definition) is 1. The van der Waals surface area contributed by atoms with E-state index in [0.717, 1.165) is 5.69 Å². The molecule has 0 spiro atoms. The molecule has 0 fully saturated rings. The van der Waals surface area contributed by atoms with Crippen molar-refractivity contribution in [2.24, 2.45) is 0 Å². The SMILES string of the molecule is O=C(c1ccccc1)c1ccc(NCc2cscn2)c([N+](=O)[O-])c1. The number of rotatable bonds is 6. The highest BCUT2D eigenvalue weighted by Crippen LogP contribution is 2.27. The lowest BCUT2D eigenvalue weighted by atomic mass is 10.0. The van der Waals surface area contributed by atoms with Gasteiger partial charge in [0.05, 0.1) is 22.7 Å². The summed E-state index contributed by atoms with van der Waals surface area (Å²) in [6.45, 7) is 0.385. The number of carbonyl (C=O) groups is 1. The van der Waals surface area contributed by atoms with Gasteiger partial charge in [-0.15, -0.1) is 11.3 Å². The summed E-state index contributed by atoms with van der Waals surface area (Å²) in [5.41, 5.74) is 3.51. The van der Waals surface area contributed by atoms with E-state index < -0.39 is 4.92 Å². The van der Waals surface area contributed by atoms with E-state index in [2.05, 4.69) is 10.3 Å². The van der Waals surface area contributed by atoms with Gasteiger partial charge in [0.1, 0.15) is 5.69 Å². The number of nitro benzene ring substituents is 1. The molecule has 0 unspecified atom stereocenters. The fourth-order valence-electron chi connectivity index (χ4n) is 2.24. The van der Waals surface area contributed by atoms with Crippen LogP contribution in [0.5, 0.6) is 0 Å². The molecule has 0 aliphatic carbocycles. The minimum atomic E-state index is -0.495. The molecule has 0 atom stereocenters. The van der Waals surface area contributed by atoms with Gasteiger partial charge in [-0.25, -0.2) is 4.98 Å². The Morgan fingerprint density at radius 1 is 1.17 bits per heavy atom. The van der Waals surface area contributed by atoms with Gasteiger partial charge in [0.25, 0.3) is 5.69 Å². The molecule has 0 radical (unpaired) electrons. The van der Waals surface area contributed by atoms with Gasteiger partial charge < -0.3 is 5.32 Å². The lowest BCUT2D eigenvalue weighted by molar-refractivity contribution is -0.384. The summed E-state index contributed by atoms with van der Waals surface area (Å²) in [6, 6.07) is 13.1. The minimum absolute atomic E-state index is 0.132. The largest absolute Gasteiger partial charge is 0.374 e. The Morgan fingerprint density at radius 3 is 2.62 bits per heavy atom. The third kappa shape index (κ3) is 3.47. The number of aromatic nitrogens is 1. The third-order valence-corrected chi connectivity index (χ3v) is 4.07. The zero-order valence-electron chi connectivity index (χ0n) is 12.5. The Bertz CT molecular complexity index is 864. The van der Waals surface area contributed by atoms with Crippen LogP contribution in [0.15, 0.2) is 59.4 Å². The van der Waals surface area contributed by atoms with E-state index in [-0.39, 0.29) is 17.0 Å². The minimum Gasteiger partial charge on any atom is -0.374 e. The molecule has 0 amide bonds. The summed E-state index contributed by atoms with van der Waals surface area (Å²) in [7, 11) is 0. The Labute approximate surface area is 141 Å². The van der Waals surface area contributed by atoms with Crippen molar-refractivity contribution < 1.29 is 9.72 Å². The summed E-state index contributed by atoms with van der Waals surface area (Å²) in [4.78, 5) is 27.4. The van der Waals surface area contributed by atoms with E-state index in [4.69, 9.17) is 0 Å². The van der Waals surface area contributed by atoms with Gasteiger partial charge in [0, 0.05) is 22.6 Å². The van der Waals surface area contributed by atoms with Gasteiger partial charge in [0.15, 0.2) is 5.78 Å². The van der Waals surface area contributed by atoms with Crippen LogP contribution < -0.4 is 5.32 Å². The zero-order valence-corrected chi connectivity index (χ0v) is 13.3. The number of nitrogens with one attached hydrogen (secondary N) is 1. The Morgan fingerprint density at radius 2 is 1.96 bits per heavy atom. The normalized spacial score (nSPS) is 10.3. The summed E-state index contributed by atoms with van der Waals surface area (Å²) in [5, 5.41) is 16.2. The van der Waals surface area contributed by atoms with Crippen LogP contribution in [0.1, 0.15) is 21.6 Å². The molecule has 24 heavy (non-hydrogen) atoms. The van der Waals surface area contributed by atoms with E-state index in [0.29, 0.717) is 17.8 Å². The van der Waals surface area contributed by atoms with Gasteiger partial charge in [-0.1, -0.05) is 30.3 Å². The maximum Gasteiger partial charge on any atom is 0.293 e. The lowest BCUT2D eigenvalue weighted by Gasteiger charge is -2.07. The molecular formula is C17H13N3O3S. The molecule has 0 saturated carbocycles. The number of carbonyl (C=O) groups excluding carboxylic acids is 1. The van der Waals surface area contributed by atoms with Crippen LogP contribution in [-0.2, 0) is 6.54 Å². The van der Waals surface area contributed by atoms with Crippen molar-refractivity contribution in [2.75, 3.05) is 5.32 Å². The highest BCUT2D eigenvalue weighted by atomic mass is 32.1. The summed E-state index contributed by atoms with van der Waals surface area (Å²) in [5.74, 6) is -0.246. The Kier molecular flexibility index (Phi) is 4.62. The molecule has 0 bridgehead atoms. The number of benzene rings is 2. The van der Waals surface area contributed by atoms with Gasteiger partial charge in [-0.05, 0) is 12.1 Å². The van der Waals surface area contributed by atoms with Crippen LogP contribution in [0.4, 0.5) is 11.4 Å². The van der Waals surface area contributed by atoms with Crippen LogP contribution in [-0.4, -0.2) is 15.7 Å². The summed E-state index contributed by atoms with van der Waals surface area (Å²) in [6.07, 6.45) is 0. The average molecular weight is 339 g/mol. The predicted molar refractivity (Wildman–Crippen MR) is 92.4 cm³/mol. The molecule has 6 nitrogen and oxygen atoms in total. The standard InChI is InChI=1S/C17H13N3O3S/c21-17(12-4-2-1-3-5-12)13-6-7-15(16(8-13)20(22)23)18-9-14-10-24-11-19-14/h1-8,10-11,18H,9H2. The molecule has 120 valence electrons. The maximum atomic E-state index is 12.4. The van der Waals surface area contributed by atoms with Crippen LogP contribution in [0.3, 0.4) is 0 Å². The Hall–Kier alpha value is -3.06. The second-order valence-corrected chi connectivity index (χ2v) is 5.74. The van der Waals surface area contributed by atoms with E-state index in [9.17, 15) is 14.9 Å². The number of anilines is 1. The van der Waals surface area contributed by atoms with Crippen molar-refractivity contribution in [3.8, 4) is 0 Å². The molecule has 1 heterocycles. The first-order chi connectivity index (χ1) is 11.6. The first kappa shape index (κ1) is 15.8. The molecule has 0 saturated heterocycles. The van der Waals surface area contributed by atoms with E-state index in [1.807, 2.05) is 11.4 Å². The van der Waals surface area contributed by atoms with Gasteiger partial charge in [-0.2, -0.15) is 0 Å². The topological polar surface area (TPSA) is 85.1 Å². The molecule has 1 aromatic heterocycles. The van der Waals surface area contributed by atoms with E-state index >= 15 is 0 Å². The van der Waals surface area contributed by atoms with Crippen molar-refractivity contribution >= 4 is 28.5 Å².